The number of sulfone groups is 1. The summed E-state index contributed by atoms with van der Waals surface area (Å²) in [4.78, 5) is 11.0. The fourth-order valence-electron chi connectivity index (χ4n) is 2.10. The maximum atomic E-state index is 11.9. The molecule has 2 rings (SSSR count). The van der Waals surface area contributed by atoms with Crippen LogP contribution in [-0.2, 0) is 30.4 Å². The van der Waals surface area contributed by atoms with E-state index in [9.17, 15) is 21.6 Å². The quantitative estimate of drug-likeness (QED) is 0.722. The third-order valence-corrected chi connectivity index (χ3v) is 6.23. The Hall–Kier alpha value is -1.81. The third kappa shape index (κ3) is 6.10. The molecule has 0 heterocycles. The second kappa shape index (κ2) is 8.05. The average molecular weight is 452 g/mol. The monoisotopic (exact) mass is 451 g/mol. The fraction of sp³-hybridized carbons (Fsp3) is 0.188. The van der Waals surface area contributed by atoms with Gasteiger partial charge in [0.1, 0.15) is 11.5 Å². The summed E-state index contributed by atoms with van der Waals surface area (Å²) in [5.74, 6) is -0.881. The zero-order chi connectivity index (χ0) is 20.4. The molecule has 7 nitrogen and oxygen atoms in total. The van der Waals surface area contributed by atoms with E-state index in [2.05, 4.69) is 0 Å². The van der Waals surface area contributed by atoms with Crippen LogP contribution in [0.1, 0.15) is 12.5 Å². The summed E-state index contributed by atoms with van der Waals surface area (Å²) in [5, 5.41) is 0.240. The summed E-state index contributed by atoms with van der Waals surface area (Å²) in [7, 11) is -7.28. The van der Waals surface area contributed by atoms with Crippen LogP contribution in [0.4, 0.5) is 0 Å². The Morgan fingerprint density at radius 3 is 2.22 bits per heavy atom. The molecule has 0 spiro atoms. The Morgan fingerprint density at radius 2 is 1.67 bits per heavy atom. The van der Waals surface area contributed by atoms with E-state index >= 15 is 0 Å². The second-order valence-corrected chi connectivity index (χ2v) is 10.2. The Balaban J connectivity index is 2.31. The third-order valence-electron chi connectivity index (χ3n) is 3.20. The molecular weight excluding hydrogens is 437 g/mol. The van der Waals surface area contributed by atoms with Gasteiger partial charge >= 0.3 is 0 Å². The lowest BCUT2D eigenvalue weighted by Gasteiger charge is -2.12. The molecule has 0 aromatic heterocycles. The van der Waals surface area contributed by atoms with Crippen LogP contribution in [0, 0.1) is 0 Å². The lowest BCUT2D eigenvalue weighted by Crippen LogP contribution is -2.29. The average Bonchev–Trinajstić information content (AvgIpc) is 2.49. The van der Waals surface area contributed by atoms with Crippen molar-refractivity contribution in [3.8, 4) is 11.5 Å². The zero-order valence-corrected chi connectivity index (χ0v) is 17.3. The summed E-state index contributed by atoms with van der Waals surface area (Å²) in [6.07, 6.45) is 1.05. The minimum absolute atomic E-state index is 0.0288. The molecule has 2 aromatic rings. The number of halogens is 2. The number of amides is 1. The van der Waals surface area contributed by atoms with Crippen molar-refractivity contribution in [2.45, 2.75) is 17.6 Å². The molecule has 0 fully saturated rings. The van der Waals surface area contributed by atoms with E-state index in [0.717, 1.165) is 13.2 Å². The van der Waals surface area contributed by atoms with Gasteiger partial charge in [-0.2, -0.15) is 0 Å². The molecule has 0 atom stereocenters. The number of sulfonamides is 1. The molecule has 0 aliphatic rings. The lowest BCUT2D eigenvalue weighted by molar-refractivity contribution is -0.117. The van der Waals surface area contributed by atoms with E-state index < -0.39 is 31.5 Å². The smallest absolute Gasteiger partial charge is 0.239 e. The van der Waals surface area contributed by atoms with Crippen molar-refractivity contribution >= 4 is 49.0 Å². The zero-order valence-electron chi connectivity index (χ0n) is 14.2. The Bertz CT molecular complexity index is 1100. The van der Waals surface area contributed by atoms with Gasteiger partial charge in [-0.15, -0.1) is 0 Å². The van der Waals surface area contributed by atoms with Crippen molar-refractivity contribution in [2.75, 3.05) is 6.26 Å². The maximum Gasteiger partial charge on any atom is 0.239 e. The molecule has 0 bridgehead atoms. The number of hydrogen-bond acceptors (Lipinski definition) is 6. The van der Waals surface area contributed by atoms with E-state index in [4.69, 9.17) is 27.9 Å². The van der Waals surface area contributed by atoms with Gasteiger partial charge in [-0.3, -0.25) is 9.52 Å². The van der Waals surface area contributed by atoms with Crippen molar-refractivity contribution in [1.29, 1.82) is 0 Å². The van der Waals surface area contributed by atoms with Crippen LogP contribution in [0.3, 0.4) is 0 Å². The lowest BCUT2D eigenvalue weighted by atomic mass is 10.2. The minimum atomic E-state index is -3.86. The van der Waals surface area contributed by atoms with Gasteiger partial charge in [0.25, 0.3) is 0 Å². The van der Waals surface area contributed by atoms with Crippen LogP contribution < -0.4 is 9.46 Å². The van der Waals surface area contributed by atoms with Crippen LogP contribution in [0.25, 0.3) is 0 Å². The predicted octanol–water partition coefficient (Wildman–Crippen LogP) is 3.16. The van der Waals surface area contributed by atoms with Gasteiger partial charge in [-0.25, -0.2) is 16.8 Å². The first kappa shape index (κ1) is 21.5. The molecule has 0 radical (unpaired) electrons. The molecule has 27 heavy (non-hydrogen) atoms. The number of hydrogen-bond donors (Lipinski definition) is 1. The SMILES string of the molecule is CC(=O)NS(=O)(=O)Cc1ccc(Cl)c(Oc2ccc(S(C)(=O)=O)cc2Cl)c1. The van der Waals surface area contributed by atoms with Gasteiger partial charge in [-0.05, 0) is 35.9 Å². The van der Waals surface area contributed by atoms with Gasteiger partial charge < -0.3 is 4.74 Å². The van der Waals surface area contributed by atoms with E-state index in [1.54, 1.807) is 0 Å². The van der Waals surface area contributed by atoms with E-state index in [0.29, 0.717) is 5.56 Å². The molecule has 1 amide bonds. The maximum absolute atomic E-state index is 11.9. The Morgan fingerprint density at radius 1 is 1.00 bits per heavy atom. The van der Waals surface area contributed by atoms with Crippen LogP contribution in [0.2, 0.25) is 10.0 Å². The van der Waals surface area contributed by atoms with Crippen LogP contribution in [0.15, 0.2) is 41.3 Å². The first-order chi connectivity index (χ1) is 12.4. The fourth-order valence-corrected chi connectivity index (χ4v) is 4.32. The molecule has 0 saturated heterocycles. The standard InChI is InChI=1S/C16H15Cl2NO6S2/c1-10(20)19-27(23,24)9-11-3-5-13(17)16(7-11)25-15-6-4-12(8-14(15)18)26(2,21)22/h3-8H,9H2,1-2H3,(H,19,20). The number of carbonyl (C=O) groups is 1. The number of nitrogens with one attached hydrogen (secondary N) is 1. The number of carbonyl (C=O) groups excluding carboxylic acids is 1. The highest BCUT2D eigenvalue weighted by Crippen LogP contribution is 2.35. The molecule has 146 valence electrons. The molecule has 0 unspecified atom stereocenters. The normalized spacial score (nSPS) is 11.9. The van der Waals surface area contributed by atoms with Crippen LogP contribution >= 0.6 is 23.2 Å². The second-order valence-electron chi connectivity index (χ2n) is 5.65. The van der Waals surface area contributed by atoms with Gasteiger partial charge in [0, 0.05) is 13.2 Å². The number of ether oxygens (including phenoxy) is 1. The van der Waals surface area contributed by atoms with Gasteiger partial charge in [-0.1, -0.05) is 29.3 Å². The number of benzene rings is 2. The van der Waals surface area contributed by atoms with E-state index in [1.165, 1.54) is 36.4 Å². The first-order valence-corrected chi connectivity index (χ1v) is 11.6. The van der Waals surface area contributed by atoms with E-state index in [-0.39, 0.29) is 26.4 Å². The highest BCUT2D eigenvalue weighted by Gasteiger charge is 2.16. The molecule has 0 aliphatic heterocycles. The van der Waals surface area contributed by atoms with Gasteiger partial charge in [0.05, 0.1) is 20.7 Å². The summed E-state index contributed by atoms with van der Waals surface area (Å²) in [5.41, 5.74) is 0.326. The molecule has 1 N–H and O–H groups in total. The molecular formula is C16H15Cl2NO6S2. The molecule has 2 aromatic carbocycles. The minimum Gasteiger partial charge on any atom is -0.454 e. The largest absolute Gasteiger partial charge is 0.454 e. The molecule has 0 aliphatic carbocycles. The van der Waals surface area contributed by atoms with Crippen LogP contribution in [0.5, 0.6) is 11.5 Å². The first-order valence-electron chi connectivity index (χ1n) is 7.34. The predicted molar refractivity (Wildman–Crippen MR) is 103 cm³/mol. The van der Waals surface area contributed by atoms with Crippen molar-refractivity contribution in [2.24, 2.45) is 0 Å². The van der Waals surface area contributed by atoms with Crippen molar-refractivity contribution in [3.05, 3.63) is 52.0 Å². The van der Waals surface area contributed by atoms with Crippen LogP contribution in [-0.4, -0.2) is 29.0 Å². The Kier molecular flexibility index (Phi) is 6.41. The van der Waals surface area contributed by atoms with Gasteiger partial charge in [0.2, 0.25) is 15.9 Å². The summed E-state index contributed by atoms with van der Waals surface area (Å²) in [6, 6.07) is 8.25. The van der Waals surface area contributed by atoms with Crippen molar-refractivity contribution < 1.29 is 26.4 Å². The summed E-state index contributed by atoms with van der Waals surface area (Å²) in [6.45, 7) is 1.09. The highest BCUT2D eigenvalue weighted by molar-refractivity contribution is 7.90. The topological polar surface area (TPSA) is 107 Å². The summed E-state index contributed by atoms with van der Waals surface area (Å²) >= 11 is 12.1. The Labute approximate surface area is 167 Å². The highest BCUT2D eigenvalue weighted by atomic mass is 35.5. The molecule has 0 saturated carbocycles. The van der Waals surface area contributed by atoms with E-state index in [1.807, 2.05) is 4.72 Å². The van der Waals surface area contributed by atoms with Gasteiger partial charge in [0.15, 0.2) is 9.84 Å². The summed E-state index contributed by atoms with van der Waals surface area (Å²) < 4.78 is 54.3. The van der Waals surface area contributed by atoms with Crippen molar-refractivity contribution in [3.63, 3.8) is 0 Å². The van der Waals surface area contributed by atoms with Crippen molar-refractivity contribution in [1.82, 2.24) is 4.72 Å². The number of rotatable bonds is 6. The molecule has 11 heteroatoms.